The van der Waals surface area contributed by atoms with Crippen molar-refractivity contribution in [1.29, 1.82) is 0 Å². The van der Waals surface area contributed by atoms with Crippen LogP contribution in [0.2, 0.25) is 0 Å². The summed E-state index contributed by atoms with van der Waals surface area (Å²) in [5.74, 6) is 1.66. The van der Waals surface area contributed by atoms with Gasteiger partial charge in [0.1, 0.15) is 11.6 Å². The number of hydrogen-bond acceptors (Lipinski definition) is 2. The molecule has 1 aromatic heterocycles. The SMILES string of the molecule is CC[C@H](C)c1nc(-c2ccc(F)c(C)c2)n[nH]1. The summed E-state index contributed by atoms with van der Waals surface area (Å²) in [7, 11) is 0. The van der Waals surface area contributed by atoms with Gasteiger partial charge in [-0.25, -0.2) is 9.37 Å². The van der Waals surface area contributed by atoms with E-state index < -0.39 is 0 Å². The molecule has 0 aliphatic rings. The van der Waals surface area contributed by atoms with E-state index in [1.54, 1.807) is 19.1 Å². The largest absolute Gasteiger partial charge is 0.262 e. The molecule has 4 heteroatoms. The highest BCUT2D eigenvalue weighted by atomic mass is 19.1. The molecule has 1 N–H and O–H groups in total. The van der Waals surface area contributed by atoms with Gasteiger partial charge in [-0.3, -0.25) is 5.10 Å². The summed E-state index contributed by atoms with van der Waals surface area (Å²) >= 11 is 0. The molecule has 0 saturated carbocycles. The Morgan fingerprint density at radius 2 is 2.18 bits per heavy atom. The lowest BCUT2D eigenvalue weighted by molar-refractivity contribution is 0.618. The lowest BCUT2D eigenvalue weighted by atomic mass is 10.1. The Labute approximate surface area is 100 Å². The molecule has 0 aliphatic heterocycles. The van der Waals surface area contributed by atoms with Crippen LogP contribution in [0, 0.1) is 12.7 Å². The summed E-state index contributed by atoms with van der Waals surface area (Å²) in [5.41, 5.74) is 1.45. The minimum Gasteiger partial charge on any atom is -0.262 e. The summed E-state index contributed by atoms with van der Waals surface area (Å²) < 4.78 is 13.2. The van der Waals surface area contributed by atoms with E-state index in [1.165, 1.54) is 6.07 Å². The molecular formula is C13H16FN3. The van der Waals surface area contributed by atoms with E-state index in [-0.39, 0.29) is 5.82 Å². The summed E-state index contributed by atoms with van der Waals surface area (Å²) in [4.78, 5) is 4.43. The lowest BCUT2D eigenvalue weighted by Crippen LogP contribution is -1.93. The Kier molecular flexibility index (Phi) is 3.22. The van der Waals surface area contributed by atoms with Gasteiger partial charge >= 0.3 is 0 Å². The van der Waals surface area contributed by atoms with Crippen LogP contribution in [0.25, 0.3) is 11.4 Å². The van der Waals surface area contributed by atoms with Crippen molar-refractivity contribution in [2.45, 2.75) is 33.1 Å². The van der Waals surface area contributed by atoms with Gasteiger partial charge in [0.05, 0.1) is 0 Å². The van der Waals surface area contributed by atoms with Crippen molar-refractivity contribution in [2.24, 2.45) is 0 Å². The van der Waals surface area contributed by atoms with Crippen LogP contribution in [-0.2, 0) is 0 Å². The number of nitrogens with one attached hydrogen (secondary N) is 1. The Bertz CT molecular complexity index is 519. The number of aromatic nitrogens is 3. The van der Waals surface area contributed by atoms with Gasteiger partial charge in [-0.1, -0.05) is 13.8 Å². The van der Waals surface area contributed by atoms with E-state index in [2.05, 4.69) is 29.0 Å². The average Bonchev–Trinajstić information content (AvgIpc) is 2.81. The van der Waals surface area contributed by atoms with Crippen molar-refractivity contribution in [3.8, 4) is 11.4 Å². The highest BCUT2D eigenvalue weighted by Gasteiger charge is 2.11. The van der Waals surface area contributed by atoms with E-state index in [9.17, 15) is 4.39 Å². The van der Waals surface area contributed by atoms with Crippen LogP contribution < -0.4 is 0 Å². The van der Waals surface area contributed by atoms with Crippen LogP contribution in [0.3, 0.4) is 0 Å². The third kappa shape index (κ3) is 2.35. The number of nitrogens with zero attached hydrogens (tertiary/aromatic N) is 2. The quantitative estimate of drug-likeness (QED) is 0.882. The summed E-state index contributed by atoms with van der Waals surface area (Å²) in [6, 6.07) is 4.91. The first-order chi connectivity index (χ1) is 8.11. The van der Waals surface area contributed by atoms with E-state index >= 15 is 0 Å². The van der Waals surface area contributed by atoms with Crippen LogP contribution in [0.4, 0.5) is 4.39 Å². The number of H-pyrrole nitrogens is 1. The number of halogens is 1. The second-order valence-corrected chi connectivity index (χ2v) is 4.32. The van der Waals surface area contributed by atoms with Gasteiger partial charge in [-0.05, 0) is 37.1 Å². The molecule has 0 saturated heterocycles. The fourth-order valence-corrected chi connectivity index (χ4v) is 1.60. The van der Waals surface area contributed by atoms with Gasteiger partial charge in [0.2, 0.25) is 0 Å². The molecule has 0 aliphatic carbocycles. The average molecular weight is 233 g/mol. The monoisotopic (exact) mass is 233 g/mol. The molecule has 0 radical (unpaired) electrons. The van der Waals surface area contributed by atoms with Gasteiger partial charge in [0, 0.05) is 11.5 Å². The molecule has 0 amide bonds. The van der Waals surface area contributed by atoms with Crippen molar-refractivity contribution in [2.75, 3.05) is 0 Å². The number of aryl methyl sites for hydroxylation is 1. The fraction of sp³-hybridized carbons (Fsp3) is 0.385. The predicted octanol–water partition coefficient (Wildman–Crippen LogP) is 3.43. The van der Waals surface area contributed by atoms with Gasteiger partial charge in [-0.2, -0.15) is 5.10 Å². The number of aromatic amines is 1. The molecule has 0 unspecified atom stereocenters. The predicted molar refractivity (Wildman–Crippen MR) is 65.2 cm³/mol. The van der Waals surface area contributed by atoms with Crippen LogP contribution in [0.1, 0.15) is 37.6 Å². The first-order valence-corrected chi connectivity index (χ1v) is 5.80. The number of hydrogen-bond donors (Lipinski definition) is 1. The molecule has 3 nitrogen and oxygen atoms in total. The molecule has 1 aromatic carbocycles. The van der Waals surface area contributed by atoms with Gasteiger partial charge in [0.25, 0.3) is 0 Å². The molecule has 1 heterocycles. The zero-order chi connectivity index (χ0) is 12.4. The van der Waals surface area contributed by atoms with Crippen molar-refractivity contribution in [1.82, 2.24) is 15.2 Å². The van der Waals surface area contributed by atoms with E-state index in [0.717, 1.165) is 17.8 Å². The molecular weight excluding hydrogens is 217 g/mol. The zero-order valence-corrected chi connectivity index (χ0v) is 10.3. The maximum atomic E-state index is 13.2. The minimum absolute atomic E-state index is 0.202. The molecule has 1 atom stereocenters. The smallest absolute Gasteiger partial charge is 0.181 e. The third-order valence-corrected chi connectivity index (χ3v) is 3.00. The van der Waals surface area contributed by atoms with Gasteiger partial charge in [0.15, 0.2) is 5.82 Å². The maximum Gasteiger partial charge on any atom is 0.181 e. The van der Waals surface area contributed by atoms with Crippen molar-refractivity contribution < 1.29 is 4.39 Å². The van der Waals surface area contributed by atoms with E-state index in [0.29, 0.717) is 17.3 Å². The highest BCUT2D eigenvalue weighted by molar-refractivity contribution is 5.55. The second kappa shape index (κ2) is 4.65. The summed E-state index contributed by atoms with van der Waals surface area (Å²) in [6.07, 6.45) is 1.01. The van der Waals surface area contributed by atoms with Gasteiger partial charge < -0.3 is 0 Å². The van der Waals surface area contributed by atoms with Crippen molar-refractivity contribution >= 4 is 0 Å². The minimum atomic E-state index is -0.202. The van der Waals surface area contributed by atoms with E-state index in [1.807, 2.05) is 0 Å². The van der Waals surface area contributed by atoms with Crippen LogP contribution in [0.15, 0.2) is 18.2 Å². The standard InChI is InChI=1S/C13H16FN3/c1-4-8(2)12-15-13(17-16-12)10-5-6-11(14)9(3)7-10/h5-8H,4H2,1-3H3,(H,15,16,17)/t8-/m0/s1. The van der Waals surface area contributed by atoms with Crippen LogP contribution >= 0.6 is 0 Å². The topological polar surface area (TPSA) is 41.6 Å². The van der Waals surface area contributed by atoms with Crippen LogP contribution in [-0.4, -0.2) is 15.2 Å². The Morgan fingerprint density at radius 1 is 1.41 bits per heavy atom. The lowest BCUT2D eigenvalue weighted by Gasteiger charge is -2.01. The molecule has 0 fully saturated rings. The molecule has 0 bridgehead atoms. The summed E-state index contributed by atoms with van der Waals surface area (Å²) in [6.45, 7) is 5.94. The first-order valence-electron chi connectivity index (χ1n) is 5.80. The third-order valence-electron chi connectivity index (χ3n) is 3.00. The second-order valence-electron chi connectivity index (χ2n) is 4.32. The molecule has 17 heavy (non-hydrogen) atoms. The van der Waals surface area contributed by atoms with Crippen LogP contribution in [0.5, 0.6) is 0 Å². The highest BCUT2D eigenvalue weighted by Crippen LogP contribution is 2.21. The fourth-order valence-electron chi connectivity index (χ4n) is 1.60. The first kappa shape index (κ1) is 11.8. The molecule has 0 spiro atoms. The van der Waals surface area contributed by atoms with E-state index in [4.69, 9.17) is 0 Å². The normalized spacial score (nSPS) is 12.7. The molecule has 90 valence electrons. The molecule has 2 aromatic rings. The number of rotatable bonds is 3. The Hall–Kier alpha value is -1.71. The number of benzene rings is 1. The van der Waals surface area contributed by atoms with Crippen molar-refractivity contribution in [3.05, 3.63) is 35.4 Å². The maximum absolute atomic E-state index is 13.2. The summed E-state index contributed by atoms with van der Waals surface area (Å²) in [5, 5.41) is 7.10. The zero-order valence-electron chi connectivity index (χ0n) is 10.3. The Balaban J connectivity index is 2.33. The molecule has 2 rings (SSSR count). The van der Waals surface area contributed by atoms with Gasteiger partial charge in [-0.15, -0.1) is 0 Å². The Morgan fingerprint density at radius 3 is 2.82 bits per heavy atom. The van der Waals surface area contributed by atoms with Crippen molar-refractivity contribution in [3.63, 3.8) is 0 Å².